The smallest absolute Gasteiger partial charge is 0.250 e. The van der Waals surface area contributed by atoms with Crippen molar-refractivity contribution in [3.63, 3.8) is 0 Å². The molecule has 0 radical (unpaired) electrons. The quantitative estimate of drug-likeness (QED) is 0.843. The summed E-state index contributed by atoms with van der Waals surface area (Å²) in [6.45, 7) is 0.823. The molecule has 1 amide bonds. The lowest BCUT2D eigenvalue weighted by Gasteiger charge is -2.18. The molecule has 24 heavy (non-hydrogen) atoms. The van der Waals surface area contributed by atoms with Gasteiger partial charge in [-0.3, -0.25) is 4.79 Å². The average molecular weight is 348 g/mol. The minimum Gasteiger partial charge on any atom is -0.492 e. The molecule has 1 N–H and O–H groups in total. The third-order valence-electron chi connectivity index (χ3n) is 3.45. The number of fused-ring (bicyclic) bond motifs is 1. The van der Waals surface area contributed by atoms with Gasteiger partial charge in [0.25, 0.3) is 5.91 Å². The Balaban J connectivity index is 1.51. The van der Waals surface area contributed by atoms with Gasteiger partial charge in [0.05, 0.1) is 12.1 Å². The molecule has 0 spiro atoms. The summed E-state index contributed by atoms with van der Waals surface area (Å²) < 4.78 is 23.7. The number of rotatable bonds is 5. The van der Waals surface area contributed by atoms with E-state index in [9.17, 15) is 9.18 Å². The van der Waals surface area contributed by atoms with Crippen molar-refractivity contribution in [1.29, 1.82) is 0 Å². The summed E-state index contributed by atoms with van der Waals surface area (Å²) in [5.41, 5.74) is 1.30. The first-order chi connectivity index (χ1) is 11.6. The third kappa shape index (κ3) is 4.06. The predicted octanol–water partition coefficient (Wildman–Crippen LogP) is 3.45. The average Bonchev–Trinajstić information content (AvgIpc) is 2.59. The lowest BCUT2D eigenvalue weighted by molar-refractivity contribution is -0.117. The van der Waals surface area contributed by atoms with Crippen LogP contribution in [0.3, 0.4) is 0 Å². The van der Waals surface area contributed by atoms with Crippen LogP contribution in [0.15, 0.2) is 48.0 Å². The first kappa shape index (κ1) is 16.3. The SMILES string of the molecule is O=C(NCCOc1ccc(F)cc1)C1=Cc2cc(Cl)ccc2OC1. The number of halogens is 2. The Hall–Kier alpha value is -2.53. The number of carbonyl (C=O) groups excluding carboxylic acids is 1. The molecule has 0 saturated heterocycles. The van der Waals surface area contributed by atoms with Crippen LogP contribution in [-0.4, -0.2) is 25.7 Å². The van der Waals surface area contributed by atoms with Crippen LogP contribution in [-0.2, 0) is 4.79 Å². The lowest BCUT2D eigenvalue weighted by atomic mass is 10.1. The molecule has 4 nitrogen and oxygen atoms in total. The van der Waals surface area contributed by atoms with Crippen LogP contribution < -0.4 is 14.8 Å². The minimum absolute atomic E-state index is 0.208. The minimum atomic E-state index is -0.319. The normalized spacial score (nSPS) is 12.7. The van der Waals surface area contributed by atoms with E-state index in [4.69, 9.17) is 21.1 Å². The summed E-state index contributed by atoms with van der Waals surface area (Å²) in [6, 6.07) is 11.0. The van der Waals surface area contributed by atoms with Crippen molar-refractivity contribution in [3.8, 4) is 11.5 Å². The molecular formula is C18H15ClFNO3. The molecule has 0 atom stereocenters. The maximum atomic E-state index is 12.8. The van der Waals surface area contributed by atoms with E-state index in [0.717, 1.165) is 5.56 Å². The summed E-state index contributed by atoms with van der Waals surface area (Å²) in [6.07, 6.45) is 1.76. The molecule has 0 unspecified atom stereocenters. The van der Waals surface area contributed by atoms with E-state index in [1.807, 2.05) is 0 Å². The van der Waals surface area contributed by atoms with E-state index in [1.54, 1.807) is 24.3 Å². The molecule has 0 aliphatic carbocycles. The third-order valence-corrected chi connectivity index (χ3v) is 3.68. The highest BCUT2D eigenvalue weighted by atomic mass is 35.5. The van der Waals surface area contributed by atoms with E-state index in [2.05, 4.69) is 5.32 Å². The Labute approximate surface area is 143 Å². The van der Waals surface area contributed by atoms with Gasteiger partial charge < -0.3 is 14.8 Å². The van der Waals surface area contributed by atoms with Crippen molar-refractivity contribution in [2.24, 2.45) is 0 Å². The summed E-state index contributed by atoms with van der Waals surface area (Å²) >= 11 is 5.95. The Morgan fingerprint density at radius 3 is 2.83 bits per heavy atom. The van der Waals surface area contributed by atoms with Crippen LogP contribution in [0.4, 0.5) is 4.39 Å². The molecule has 1 aliphatic rings. The van der Waals surface area contributed by atoms with Gasteiger partial charge in [0.2, 0.25) is 0 Å². The van der Waals surface area contributed by atoms with Gasteiger partial charge in [-0.15, -0.1) is 0 Å². The van der Waals surface area contributed by atoms with Crippen LogP contribution in [0.1, 0.15) is 5.56 Å². The van der Waals surface area contributed by atoms with Gasteiger partial charge in [-0.05, 0) is 48.5 Å². The maximum Gasteiger partial charge on any atom is 0.250 e. The second-order valence-electron chi connectivity index (χ2n) is 5.20. The van der Waals surface area contributed by atoms with Crippen molar-refractivity contribution >= 4 is 23.6 Å². The van der Waals surface area contributed by atoms with Gasteiger partial charge in [-0.1, -0.05) is 11.6 Å². The molecule has 0 fully saturated rings. The molecular weight excluding hydrogens is 333 g/mol. The van der Waals surface area contributed by atoms with Crippen molar-refractivity contribution in [2.75, 3.05) is 19.8 Å². The number of hydrogen-bond donors (Lipinski definition) is 1. The summed E-state index contributed by atoms with van der Waals surface area (Å²) in [4.78, 5) is 12.2. The van der Waals surface area contributed by atoms with Gasteiger partial charge in [-0.25, -0.2) is 4.39 Å². The number of hydrogen-bond acceptors (Lipinski definition) is 3. The van der Waals surface area contributed by atoms with Crippen LogP contribution in [0.25, 0.3) is 6.08 Å². The van der Waals surface area contributed by atoms with E-state index < -0.39 is 0 Å². The number of amides is 1. The van der Waals surface area contributed by atoms with Crippen LogP contribution in [0.2, 0.25) is 5.02 Å². The zero-order valence-electron chi connectivity index (χ0n) is 12.7. The fraction of sp³-hybridized carbons (Fsp3) is 0.167. The number of ether oxygens (including phenoxy) is 2. The van der Waals surface area contributed by atoms with E-state index >= 15 is 0 Å². The molecule has 0 aromatic heterocycles. The lowest BCUT2D eigenvalue weighted by Crippen LogP contribution is -2.31. The van der Waals surface area contributed by atoms with Crippen molar-refractivity contribution in [1.82, 2.24) is 5.32 Å². The summed E-state index contributed by atoms with van der Waals surface area (Å²) in [7, 11) is 0. The number of carbonyl (C=O) groups is 1. The topological polar surface area (TPSA) is 47.6 Å². The zero-order valence-corrected chi connectivity index (χ0v) is 13.5. The summed E-state index contributed by atoms with van der Waals surface area (Å²) in [5, 5.41) is 3.35. The highest BCUT2D eigenvalue weighted by molar-refractivity contribution is 6.30. The molecule has 0 saturated carbocycles. The van der Waals surface area contributed by atoms with Gasteiger partial charge >= 0.3 is 0 Å². The van der Waals surface area contributed by atoms with E-state index in [0.29, 0.717) is 28.6 Å². The first-order valence-electron chi connectivity index (χ1n) is 7.41. The van der Waals surface area contributed by atoms with Crippen LogP contribution in [0, 0.1) is 5.82 Å². The van der Waals surface area contributed by atoms with Gasteiger partial charge in [0.15, 0.2) is 0 Å². The summed E-state index contributed by atoms with van der Waals surface area (Å²) in [5.74, 6) is 0.716. The Bertz CT molecular complexity index is 774. The van der Waals surface area contributed by atoms with Gasteiger partial charge in [0, 0.05) is 10.6 Å². The largest absolute Gasteiger partial charge is 0.492 e. The monoisotopic (exact) mass is 347 g/mol. The molecule has 3 rings (SSSR count). The maximum absolute atomic E-state index is 12.8. The van der Waals surface area contributed by atoms with Crippen LogP contribution >= 0.6 is 11.6 Å². The van der Waals surface area contributed by atoms with Crippen LogP contribution in [0.5, 0.6) is 11.5 Å². The van der Waals surface area contributed by atoms with E-state index in [-0.39, 0.29) is 24.9 Å². The molecule has 6 heteroatoms. The standard InChI is InChI=1S/C18H15ClFNO3/c19-14-1-6-17-12(10-14)9-13(11-24-17)18(22)21-7-8-23-16-4-2-15(20)3-5-16/h1-6,9-10H,7-8,11H2,(H,21,22). The second-order valence-corrected chi connectivity index (χ2v) is 5.64. The van der Waals surface area contributed by atoms with Gasteiger partial charge in [-0.2, -0.15) is 0 Å². The second kappa shape index (κ2) is 7.36. The predicted molar refractivity (Wildman–Crippen MR) is 89.8 cm³/mol. The molecule has 124 valence electrons. The Morgan fingerprint density at radius 1 is 1.25 bits per heavy atom. The fourth-order valence-corrected chi connectivity index (χ4v) is 2.44. The molecule has 0 bridgehead atoms. The number of nitrogens with one attached hydrogen (secondary N) is 1. The van der Waals surface area contributed by atoms with Crippen molar-refractivity contribution in [2.45, 2.75) is 0 Å². The Kier molecular flexibility index (Phi) is 5.01. The highest BCUT2D eigenvalue weighted by Gasteiger charge is 2.17. The zero-order chi connectivity index (χ0) is 16.9. The van der Waals surface area contributed by atoms with E-state index in [1.165, 1.54) is 24.3 Å². The molecule has 1 aliphatic heterocycles. The van der Waals surface area contributed by atoms with Crippen molar-refractivity contribution in [3.05, 3.63) is 64.4 Å². The van der Waals surface area contributed by atoms with Crippen molar-refractivity contribution < 1.29 is 18.7 Å². The highest BCUT2D eigenvalue weighted by Crippen LogP contribution is 2.28. The molecule has 2 aromatic carbocycles. The first-order valence-corrected chi connectivity index (χ1v) is 7.79. The molecule has 2 aromatic rings. The Morgan fingerprint density at radius 2 is 2.04 bits per heavy atom. The van der Waals surface area contributed by atoms with Gasteiger partial charge in [0.1, 0.15) is 30.5 Å². The fourth-order valence-electron chi connectivity index (χ4n) is 2.26. The number of benzene rings is 2. The molecule has 1 heterocycles.